The number of rotatable bonds is 4. The molecule has 86 valence electrons. The molecule has 0 N–H and O–H groups in total. The summed E-state index contributed by atoms with van der Waals surface area (Å²) in [5.74, 6) is 1.64. The zero-order valence-corrected chi connectivity index (χ0v) is 10.8. The Bertz CT molecular complexity index is 456. The molecule has 0 radical (unpaired) electrons. The molecule has 0 aromatic carbocycles. The molecule has 0 unspecified atom stereocenters. The van der Waals surface area contributed by atoms with Crippen LogP contribution in [0.3, 0.4) is 0 Å². The molecule has 0 spiro atoms. The van der Waals surface area contributed by atoms with Gasteiger partial charge in [0.25, 0.3) is 0 Å². The van der Waals surface area contributed by atoms with Crippen LogP contribution in [0.5, 0.6) is 0 Å². The number of aryl methyl sites for hydroxylation is 3. The lowest BCUT2D eigenvalue weighted by molar-refractivity contribution is 0.615. The molecular weight excluding hydrogens is 218 g/mol. The Kier molecular flexibility index (Phi) is 3.39. The summed E-state index contributed by atoms with van der Waals surface area (Å²) >= 11 is 1.72. The van der Waals surface area contributed by atoms with Crippen molar-refractivity contribution in [1.29, 1.82) is 0 Å². The molecule has 16 heavy (non-hydrogen) atoms. The average molecular weight is 235 g/mol. The molecule has 0 aliphatic rings. The highest BCUT2D eigenvalue weighted by molar-refractivity contribution is 7.09. The molecule has 0 amide bonds. The monoisotopic (exact) mass is 235 g/mol. The number of nitrogens with zero attached hydrogens (tertiary/aromatic N) is 3. The zero-order valence-electron chi connectivity index (χ0n) is 9.97. The van der Waals surface area contributed by atoms with E-state index in [4.69, 9.17) is 0 Å². The quantitative estimate of drug-likeness (QED) is 0.815. The number of imidazole rings is 1. The molecule has 0 fully saturated rings. The maximum atomic E-state index is 4.47. The summed E-state index contributed by atoms with van der Waals surface area (Å²) in [6.45, 7) is 7.36. The minimum absolute atomic E-state index is 0.479. The molecule has 0 saturated carbocycles. The summed E-state index contributed by atoms with van der Waals surface area (Å²) in [6, 6.07) is 0. The second kappa shape index (κ2) is 4.78. The van der Waals surface area contributed by atoms with E-state index in [1.807, 2.05) is 13.1 Å². The van der Waals surface area contributed by atoms with Crippen LogP contribution in [0, 0.1) is 6.92 Å². The Labute approximate surface area is 100 Å². The summed E-state index contributed by atoms with van der Waals surface area (Å²) in [6.07, 6.45) is 4.91. The van der Waals surface area contributed by atoms with E-state index in [9.17, 15) is 0 Å². The largest absolute Gasteiger partial charge is 0.334 e. The van der Waals surface area contributed by atoms with Gasteiger partial charge in [0.2, 0.25) is 0 Å². The van der Waals surface area contributed by atoms with Crippen molar-refractivity contribution >= 4 is 11.3 Å². The fourth-order valence-corrected chi connectivity index (χ4v) is 2.42. The predicted molar refractivity (Wildman–Crippen MR) is 66.9 cm³/mol. The van der Waals surface area contributed by atoms with Gasteiger partial charge in [-0.05, 0) is 6.92 Å². The Morgan fingerprint density at radius 1 is 1.44 bits per heavy atom. The van der Waals surface area contributed by atoms with Crippen LogP contribution in [0.25, 0.3) is 0 Å². The normalized spacial score (nSPS) is 11.2. The second-order valence-electron chi connectivity index (χ2n) is 4.24. The van der Waals surface area contributed by atoms with E-state index in [2.05, 4.69) is 40.0 Å². The first kappa shape index (κ1) is 11.3. The minimum atomic E-state index is 0.479. The standard InChI is InChI=1S/C12H17N3S/c1-9(2)12-13-5-7-15(12)6-4-11-8-16-10(3)14-11/h5,7-9H,4,6H2,1-3H3. The van der Waals surface area contributed by atoms with Crippen LogP contribution in [0.4, 0.5) is 0 Å². The zero-order chi connectivity index (χ0) is 11.5. The van der Waals surface area contributed by atoms with Gasteiger partial charge in [-0.25, -0.2) is 9.97 Å². The van der Waals surface area contributed by atoms with Crippen LogP contribution in [-0.2, 0) is 13.0 Å². The molecule has 0 saturated heterocycles. The van der Waals surface area contributed by atoms with E-state index < -0.39 is 0 Å². The second-order valence-corrected chi connectivity index (χ2v) is 5.30. The third-order valence-corrected chi connectivity index (χ3v) is 3.36. The van der Waals surface area contributed by atoms with Crippen molar-refractivity contribution in [2.75, 3.05) is 0 Å². The van der Waals surface area contributed by atoms with E-state index in [-0.39, 0.29) is 0 Å². The average Bonchev–Trinajstić information content (AvgIpc) is 2.83. The highest BCUT2D eigenvalue weighted by Gasteiger charge is 2.07. The topological polar surface area (TPSA) is 30.7 Å². The SMILES string of the molecule is Cc1nc(CCn2ccnc2C(C)C)cs1. The number of hydrogen-bond donors (Lipinski definition) is 0. The summed E-state index contributed by atoms with van der Waals surface area (Å²) in [4.78, 5) is 8.85. The first-order chi connectivity index (χ1) is 7.66. The van der Waals surface area contributed by atoms with Gasteiger partial charge in [0, 0.05) is 36.7 Å². The number of thiazole rings is 1. The van der Waals surface area contributed by atoms with Gasteiger partial charge in [0.05, 0.1) is 10.7 Å². The Balaban J connectivity index is 2.02. The van der Waals surface area contributed by atoms with E-state index in [0.717, 1.165) is 23.8 Å². The molecule has 0 aliphatic heterocycles. The van der Waals surface area contributed by atoms with Crippen LogP contribution < -0.4 is 0 Å². The van der Waals surface area contributed by atoms with Gasteiger partial charge in [-0.1, -0.05) is 13.8 Å². The van der Waals surface area contributed by atoms with E-state index in [0.29, 0.717) is 5.92 Å². The van der Waals surface area contributed by atoms with Crippen LogP contribution in [0.15, 0.2) is 17.8 Å². The van der Waals surface area contributed by atoms with Gasteiger partial charge in [0.15, 0.2) is 0 Å². The molecule has 2 rings (SSSR count). The molecule has 2 aromatic rings. The lowest BCUT2D eigenvalue weighted by Crippen LogP contribution is -2.07. The van der Waals surface area contributed by atoms with Gasteiger partial charge in [-0.3, -0.25) is 0 Å². The third kappa shape index (κ3) is 2.50. The van der Waals surface area contributed by atoms with Crippen LogP contribution >= 0.6 is 11.3 Å². The van der Waals surface area contributed by atoms with Crippen LogP contribution in [0.1, 0.15) is 36.3 Å². The van der Waals surface area contributed by atoms with Crippen molar-refractivity contribution in [3.8, 4) is 0 Å². The molecule has 0 aliphatic carbocycles. The van der Waals surface area contributed by atoms with Crippen molar-refractivity contribution in [3.63, 3.8) is 0 Å². The van der Waals surface area contributed by atoms with Gasteiger partial charge < -0.3 is 4.57 Å². The van der Waals surface area contributed by atoms with Gasteiger partial charge >= 0.3 is 0 Å². The molecule has 0 bridgehead atoms. The lowest BCUT2D eigenvalue weighted by atomic mass is 10.2. The Morgan fingerprint density at radius 2 is 2.25 bits per heavy atom. The van der Waals surface area contributed by atoms with E-state index in [1.165, 1.54) is 5.69 Å². The van der Waals surface area contributed by atoms with Crippen LogP contribution in [0.2, 0.25) is 0 Å². The maximum Gasteiger partial charge on any atom is 0.111 e. The van der Waals surface area contributed by atoms with Gasteiger partial charge in [-0.2, -0.15) is 0 Å². The van der Waals surface area contributed by atoms with E-state index >= 15 is 0 Å². The van der Waals surface area contributed by atoms with Crippen molar-refractivity contribution in [1.82, 2.24) is 14.5 Å². The fraction of sp³-hybridized carbons (Fsp3) is 0.500. The maximum absolute atomic E-state index is 4.47. The van der Waals surface area contributed by atoms with Crippen molar-refractivity contribution in [2.45, 2.75) is 39.7 Å². The molecule has 3 nitrogen and oxygen atoms in total. The molecule has 0 atom stereocenters. The van der Waals surface area contributed by atoms with Gasteiger partial charge in [-0.15, -0.1) is 11.3 Å². The predicted octanol–water partition coefficient (Wildman–Crippen LogP) is 3.01. The third-order valence-electron chi connectivity index (χ3n) is 2.54. The summed E-state index contributed by atoms with van der Waals surface area (Å²) in [5.41, 5.74) is 1.19. The number of aromatic nitrogens is 3. The van der Waals surface area contributed by atoms with E-state index in [1.54, 1.807) is 11.3 Å². The fourth-order valence-electron chi connectivity index (χ4n) is 1.77. The summed E-state index contributed by atoms with van der Waals surface area (Å²) in [7, 11) is 0. The molecular formula is C12H17N3S. The molecule has 2 aromatic heterocycles. The molecule has 2 heterocycles. The highest BCUT2D eigenvalue weighted by atomic mass is 32.1. The highest BCUT2D eigenvalue weighted by Crippen LogP contribution is 2.13. The first-order valence-electron chi connectivity index (χ1n) is 5.59. The van der Waals surface area contributed by atoms with Crippen molar-refractivity contribution < 1.29 is 0 Å². The van der Waals surface area contributed by atoms with Crippen LogP contribution in [-0.4, -0.2) is 14.5 Å². The summed E-state index contributed by atoms with van der Waals surface area (Å²) < 4.78 is 2.22. The Hall–Kier alpha value is -1.16. The lowest BCUT2D eigenvalue weighted by Gasteiger charge is -2.09. The first-order valence-corrected chi connectivity index (χ1v) is 6.47. The van der Waals surface area contributed by atoms with Crippen molar-refractivity contribution in [2.24, 2.45) is 0 Å². The van der Waals surface area contributed by atoms with Crippen molar-refractivity contribution in [3.05, 3.63) is 34.3 Å². The number of hydrogen-bond acceptors (Lipinski definition) is 3. The molecule has 4 heteroatoms. The smallest absolute Gasteiger partial charge is 0.111 e. The Morgan fingerprint density at radius 3 is 2.88 bits per heavy atom. The van der Waals surface area contributed by atoms with Gasteiger partial charge in [0.1, 0.15) is 5.82 Å². The summed E-state index contributed by atoms with van der Waals surface area (Å²) in [5, 5.41) is 3.28. The minimum Gasteiger partial charge on any atom is -0.334 e.